The van der Waals surface area contributed by atoms with E-state index in [2.05, 4.69) is 15.9 Å². The minimum atomic E-state index is -0.0457. The molecule has 3 rings (SSSR count). The number of aryl methyl sites for hydroxylation is 1. The van der Waals surface area contributed by atoms with Gasteiger partial charge in [0.05, 0.1) is 5.02 Å². The van der Waals surface area contributed by atoms with E-state index in [-0.39, 0.29) is 5.78 Å². The summed E-state index contributed by atoms with van der Waals surface area (Å²) in [7, 11) is 0. The van der Waals surface area contributed by atoms with E-state index in [0.717, 1.165) is 20.8 Å². The fourth-order valence-corrected chi connectivity index (χ4v) is 3.05. The molecule has 0 aliphatic carbocycles. The number of ketones is 1. The molecule has 0 bridgehead atoms. The van der Waals surface area contributed by atoms with Crippen molar-refractivity contribution < 1.29 is 4.79 Å². The number of carbonyl (C=O) groups excluding carboxylic acids is 1. The largest absolute Gasteiger partial charge is 0.289 e. The number of halogens is 2. The molecule has 0 aliphatic heterocycles. The average Bonchev–Trinajstić information content (AvgIpc) is 2.49. The molecule has 0 fully saturated rings. The van der Waals surface area contributed by atoms with E-state index in [4.69, 9.17) is 11.6 Å². The fourth-order valence-electron chi connectivity index (χ4n) is 2.49. The zero-order valence-corrected chi connectivity index (χ0v) is 13.7. The molecule has 0 unspecified atom stereocenters. The van der Waals surface area contributed by atoms with Crippen LogP contribution in [0.4, 0.5) is 0 Å². The van der Waals surface area contributed by atoms with E-state index in [1.807, 2.05) is 49.4 Å². The van der Waals surface area contributed by atoms with Crippen molar-refractivity contribution in [3.05, 3.63) is 80.8 Å². The summed E-state index contributed by atoms with van der Waals surface area (Å²) in [6.45, 7) is 1.95. The first kappa shape index (κ1) is 14.3. The summed E-state index contributed by atoms with van der Waals surface area (Å²) in [6, 6.07) is 17.2. The SMILES string of the molecule is Cc1ccc2ccccc2c1C(=O)c1cc(Br)ccc1Cl. The van der Waals surface area contributed by atoms with Gasteiger partial charge in [-0.25, -0.2) is 0 Å². The molecule has 0 amide bonds. The van der Waals surface area contributed by atoms with E-state index in [1.54, 1.807) is 12.1 Å². The number of hydrogen-bond acceptors (Lipinski definition) is 1. The first-order chi connectivity index (χ1) is 10.1. The summed E-state index contributed by atoms with van der Waals surface area (Å²) in [5.74, 6) is -0.0457. The number of carbonyl (C=O) groups is 1. The fraction of sp³-hybridized carbons (Fsp3) is 0.0556. The minimum Gasteiger partial charge on any atom is -0.289 e. The lowest BCUT2D eigenvalue weighted by molar-refractivity contribution is 0.104. The third kappa shape index (κ3) is 2.61. The highest BCUT2D eigenvalue weighted by atomic mass is 79.9. The number of rotatable bonds is 2. The maximum absolute atomic E-state index is 12.9. The van der Waals surface area contributed by atoms with E-state index in [0.29, 0.717) is 16.1 Å². The van der Waals surface area contributed by atoms with Crippen molar-refractivity contribution in [2.45, 2.75) is 6.92 Å². The molecule has 0 heterocycles. The summed E-state index contributed by atoms with van der Waals surface area (Å²) < 4.78 is 0.841. The van der Waals surface area contributed by atoms with Gasteiger partial charge in [0.15, 0.2) is 5.78 Å². The highest BCUT2D eigenvalue weighted by Gasteiger charge is 2.18. The number of hydrogen-bond donors (Lipinski definition) is 0. The summed E-state index contributed by atoms with van der Waals surface area (Å²) in [5.41, 5.74) is 2.19. The zero-order valence-electron chi connectivity index (χ0n) is 11.4. The Balaban J connectivity index is 2.27. The predicted molar refractivity (Wildman–Crippen MR) is 91.3 cm³/mol. The van der Waals surface area contributed by atoms with Gasteiger partial charge in [-0.15, -0.1) is 0 Å². The molecule has 1 nitrogen and oxygen atoms in total. The normalized spacial score (nSPS) is 10.8. The van der Waals surface area contributed by atoms with Crippen LogP contribution in [-0.4, -0.2) is 5.78 Å². The molecule has 0 spiro atoms. The second kappa shape index (κ2) is 5.63. The van der Waals surface area contributed by atoms with Crippen molar-refractivity contribution in [2.75, 3.05) is 0 Å². The first-order valence-corrected chi connectivity index (χ1v) is 7.73. The molecule has 3 aromatic carbocycles. The standard InChI is InChI=1S/C18H12BrClO/c1-11-6-7-12-4-2-3-5-14(12)17(11)18(21)15-10-13(19)8-9-16(15)20/h2-10H,1H3. The van der Waals surface area contributed by atoms with Gasteiger partial charge in [0.1, 0.15) is 0 Å². The first-order valence-electron chi connectivity index (χ1n) is 6.56. The molecule has 21 heavy (non-hydrogen) atoms. The Morgan fingerprint density at radius 3 is 2.62 bits per heavy atom. The van der Waals surface area contributed by atoms with Crippen LogP contribution in [0.15, 0.2) is 59.1 Å². The van der Waals surface area contributed by atoms with Gasteiger partial charge in [0, 0.05) is 15.6 Å². The summed E-state index contributed by atoms with van der Waals surface area (Å²) in [5, 5.41) is 2.48. The van der Waals surface area contributed by atoms with Gasteiger partial charge in [0.2, 0.25) is 0 Å². The third-order valence-electron chi connectivity index (χ3n) is 3.54. The Morgan fingerprint density at radius 2 is 1.81 bits per heavy atom. The lowest BCUT2D eigenvalue weighted by Crippen LogP contribution is -2.05. The summed E-state index contributed by atoms with van der Waals surface area (Å²) >= 11 is 9.60. The molecule has 0 saturated heterocycles. The van der Waals surface area contributed by atoms with Gasteiger partial charge in [-0.05, 0) is 41.5 Å². The number of fused-ring (bicyclic) bond motifs is 1. The van der Waals surface area contributed by atoms with Crippen LogP contribution in [0.2, 0.25) is 5.02 Å². The van der Waals surface area contributed by atoms with Crippen molar-refractivity contribution in [1.82, 2.24) is 0 Å². The Morgan fingerprint density at radius 1 is 1.05 bits per heavy atom. The second-order valence-corrected chi connectivity index (χ2v) is 6.25. The van der Waals surface area contributed by atoms with E-state index >= 15 is 0 Å². The Bertz CT molecular complexity index is 855. The lowest BCUT2D eigenvalue weighted by Gasteiger charge is -2.11. The van der Waals surface area contributed by atoms with Crippen LogP contribution in [0, 0.1) is 6.92 Å². The van der Waals surface area contributed by atoms with Gasteiger partial charge in [-0.1, -0.05) is 63.9 Å². The van der Waals surface area contributed by atoms with Crippen LogP contribution in [-0.2, 0) is 0 Å². The third-order valence-corrected chi connectivity index (χ3v) is 4.36. The molecule has 0 radical (unpaired) electrons. The Labute approximate surface area is 136 Å². The molecule has 0 aliphatic rings. The van der Waals surface area contributed by atoms with Crippen LogP contribution >= 0.6 is 27.5 Å². The van der Waals surface area contributed by atoms with Gasteiger partial charge in [-0.2, -0.15) is 0 Å². The van der Waals surface area contributed by atoms with Gasteiger partial charge < -0.3 is 0 Å². The highest BCUT2D eigenvalue weighted by molar-refractivity contribution is 9.10. The van der Waals surface area contributed by atoms with Crippen molar-refractivity contribution in [3.63, 3.8) is 0 Å². The molecule has 0 N–H and O–H groups in total. The minimum absolute atomic E-state index is 0.0457. The zero-order chi connectivity index (χ0) is 15.0. The van der Waals surface area contributed by atoms with Gasteiger partial charge in [0.25, 0.3) is 0 Å². The smallest absolute Gasteiger partial charge is 0.195 e. The Kier molecular flexibility index (Phi) is 3.83. The van der Waals surface area contributed by atoms with E-state index < -0.39 is 0 Å². The van der Waals surface area contributed by atoms with Crippen molar-refractivity contribution in [3.8, 4) is 0 Å². The lowest BCUT2D eigenvalue weighted by atomic mass is 9.93. The predicted octanol–water partition coefficient (Wildman–Crippen LogP) is 5.80. The van der Waals surface area contributed by atoms with Crippen molar-refractivity contribution in [2.24, 2.45) is 0 Å². The Hall–Kier alpha value is -1.64. The molecule has 0 atom stereocenters. The van der Waals surface area contributed by atoms with Gasteiger partial charge >= 0.3 is 0 Å². The average molecular weight is 360 g/mol. The molecule has 3 aromatic rings. The number of benzene rings is 3. The quantitative estimate of drug-likeness (QED) is 0.529. The molecule has 0 aromatic heterocycles. The van der Waals surface area contributed by atoms with Crippen LogP contribution in [0.5, 0.6) is 0 Å². The topological polar surface area (TPSA) is 17.1 Å². The molecular formula is C18H12BrClO. The van der Waals surface area contributed by atoms with Crippen molar-refractivity contribution in [1.29, 1.82) is 0 Å². The summed E-state index contributed by atoms with van der Waals surface area (Å²) in [6.07, 6.45) is 0. The molecule has 0 saturated carbocycles. The molecule has 3 heteroatoms. The maximum Gasteiger partial charge on any atom is 0.195 e. The van der Waals surface area contributed by atoms with Crippen LogP contribution in [0.25, 0.3) is 10.8 Å². The monoisotopic (exact) mass is 358 g/mol. The van der Waals surface area contributed by atoms with Gasteiger partial charge in [-0.3, -0.25) is 4.79 Å². The van der Waals surface area contributed by atoms with E-state index in [1.165, 1.54) is 0 Å². The van der Waals surface area contributed by atoms with Crippen LogP contribution < -0.4 is 0 Å². The summed E-state index contributed by atoms with van der Waals surface area (Å²) in [4.78, 5) is 12.9. The maximum atomic E-state index is 12.9. The van der Waals surface area contributed by atoms with Crippen LogP contribution in [0.3, 0.4) is 0 Å². The molecule has 104 valence electrons. The van der Waals surface area contributed by atoms with E-state index in [9.17, 15) is 4.79 Å². The molecular weight excluding hydrogens is 348 g/mol. The highest BCUT2D eigenvalue weighted by Crippen LogP contribution is 2.29. The second-order valence-electron chi connectivity index (χ2n) is 4.93. The van der Waals surface area contributed by atoms with Crippen LogP contribution in [0.1, 0.15) is 21.5 Å². The van der Waals surface area contributed by atoms with Crippen molar-refractivity contribution >= 4 is 44.1 Å².